The lowest BCUT2D eigenvalue weighted by Crippen LogP contribution is -2.36. The summed E-state index contributed by atoms with van der Waals surface area (Å²) >= 11 is 0. The standard InChI is InChI=1S/C15H19N3O3/c1-3-11(4-2)16-15(19)10-17-9-8-12-13(17)6-5-7-14(12)18(20)21/h5-9,11H,3-4,10H2,1-2H3,(H,16,19). The van der Waals surface area contributed by atoms with Crippen molar-refractivity contribution in [2.75, 3.05) is 0 Å². The van der Waals surface area contributed by atoms with Gasteiger partial charge in [-0.25, -0.2) is 0 Å². The predicted molar refractivity (Wildman–Crippen MR) is 81.1 cm³/mol. The summed E-state index contributed by atoms with van der Waals surface area (Å²) in [6.07, 6.45) is 3.49. The van der Waals surface area contributed by atoms with Gasteiger partial charge in [-0.05, 0) is 25.0 Å². The molecule has 0 unspecified atom stereocenters. The summed E-state index contributed by atoms with van der Waals surface area (Å²) in [6.45, 7) is 4.23. The molecule has 0 aliphatic carbocycles. The largest absolute Gasteiger partial charge is 0.352 e. The van der Waals surface area contributed by atoms with Crippen molar-refractivity contribution in [3.63, 3.8) is 0 Å². The maximum absolute atomic E-state index is 12.0. The molecule has 0 atom stereocenters. The Hall–Kier alpha value is -2.37. The molecule has 112 valence electrons. The summed E-state index contributed by atoms with van der Waals surface area (Å²) in [5.41, 5.74) is 0.760. The second-order valence-corrected chi connectivity index (χ2v) is 4.99. The number of benzene rings is 1. The summed E-state index contributed by atoms with van der Waals surface area (Å²) in [5, 5.41) is 14.5. The van der Waals surface area contributed by atoms with Gasteiger partial charge in [-0.2, -0.15) is 0 Å². The van der Waals surface area contributed by atoms with E-state index in [0.717, 1.165) is 12.8 Å². The number of nitro groups is 1. The lowest BCUT2D eigenvalue weighted by Gasteiger charge is -2.15. The molecule has 21 heavy (non-hydrogen) atoms. The predicted octanol–water partition coefficient (Wildman–Crippen LogP) is 2.85. The minimum Gasteiger partial charge on any atom is -0.352 e. The molecule has 6 nitrogen and oxygen atoms in total. The van der Waals surface area contributed by atoms with E-state index in [1.807, 2.05) is 13.8 Å². The molecule has 0 aliphatic heterocycles. The number of non-ortho nitro benzene ring substituents is 1. The van der Waals surface area contributed by atoms with Gasteiger partial charge in [-0.3, -0.25) is 14.9 Å². The molecule has 1 heterocycles. The quantitative estimate of drug-likeness (QED) is 0.656. The topological polar surface area (TPSA) is 77.2 Å². The van der Waals surface area contributed by atoms with Crippen LogP contribution in [0.5, 0.6) is 0 Å². The Kier molecular flexibility index (Phi) is 4.57. The van der Waals surface area contributed by atoms with E-state index in [4.69, 9.17) is 0 Å². The Bertz CT molecular complexity index is 659. The Balaban J connectivity index is 2.22. The summed E-state index contributed by atoms with van der Waals surface area (Å²) in [6, 6.07) is 6.74. The van der Waals surface area contributed by atoms with Crippen LogP contribution < -0.4 is 5.32 Å². The van der Waals surface area contributed by atoms with Crippen LogP contribution in [-0.4, -0.2) is 21.4 Å². The molecule has 1 aromatic carbocycles. The van der Waals surface area contributed by atoms with E-state index in [9.17, 15) is 14.9 Å². The number of carbonyl (C=O) groups excluding carboxylic acids is 1. The van der Waals surface area contributed by atoms with Gasteiger partial charge in [0.2, 0.25) is 5.91 Å². The number of hydrogen-bond donors (Lipinski definition) is 1. The lowest BCUT2D eigenvalue weighted by molar-refractivity contribution is -0.383. The van der Waals surface area contributed by atoms with Crippen LogP contribution in [0.1, 0.15) is 26.7 Å². The van der Waals surface area contributed by atoms with E-state index in [2.05, 4.69) is 5.32 Å². The number of hydrogen-bond acceptors (Lipinski definition) is 3. The Morgan fingerprint density at radius 2 is 2.05 bits per heavy atom. The SMILES string of the molecule is CCC(CC)NC(=O)Cn1ccc2c([N+](=O)[O-])cccc21. The molecule has 0 saturated carbocycles. The molecule has 6 heteroatoms. The van der Waals surface area contributed by atoms with Crippen molar-refractivity contribution >= 4 is 22.5 Å². The van der Waals surface area contributed by atoms with Crippen molar-refractivity contribution in [1.82, 2.24) is 9.88 Å². The summed E-state index contributed by atoms with van der Waals surface area (Å²) < 4.78 is 1.74. The highest BCUT2D eigenvalue weighted by molar-refractivity contribution is 5.90. The Labute approximate surface area is 122 Å². The molecule has 0 saturated heterocycles. The summed E-state index contributed by atoms with van der Waals surface area (Å²) in [7, 11) is 0. The third kappa shape index (κ3) is 3.21. The first-order valence-electron chi connectivity index (χ1n) is 7.08. The average molecular weight is 289 g/mol. The summed E-state index contributed by atoms with van der Waals surface area (Å²) in [4.78, 5) is 22.6. The van der Waals surface area contributed by atoms with Crippen LogP contribution in [0.25, 0.3) is 10.9 Å². The maximum atomic E-state index is 12.0. The first-order chi connectivity index (χ1) is 10.1. The molecule has 0 radical (unpaired) electrons. The molecule has 2 aromatic rings. The zero-order chi connectivity index (χ0) is 15.4. The minimum atomic E-state index is -0.406. The number of rotatable bonds is 6. The maximum Gasteiger partial charge on any atom is 0.278 e. The number of nitro benzene ring substituents is 1. The van der Waals surface area contributed by atoms with E-state index in [-0.39, 0.29) is 24.2 Å². The van der Waals surface area contributed by atoms with E-state index in [0.29, 0.717) is 10.9 Å². The number of nitrogens with one attached hydrogen (secondary N) is 1. The summed E-state index contributed by atoms with van der Waals surface area (Å²) in [5.74, 6) is -0.0762. The van der Waals surface area contributed by atoms with Crippen molar-refractivity contribution in [3.05, 3.63) is 40.6 Å². The normalized spacial score (nSPS) is 11.0. The fourth-order valence-electron chi connectivity index (χ4n) is 2.43. The first-order valence-corrected chi connectivity index (χ1v) is 7.08. The van der Waals surface area contributed by atoms with Crippen molar-refractivity contribution in [1.29, 1.82) is 0 Å². The van der Waals surface area contributed by atoms with Gasteiger partial charge in [0.1, 0.15) is 6.54 Å². The van der Waals surface area contributed by atoms with Crippen LogP contribution in [0.4, 0.5) is 5.69 Å². The van der Waals surface area contributed by atoms with E-state index < -0.39 is 4.92 Å². The molecule has 1 N–H and O–H groups in total. The van der Waals surface area contributed by atoms with Crippen LogP contribution in [0, 0.1) is 10.1 Å². The molecule has 1 aromatic heterocycles. The molecule has 1 amide bonds. The smallest absolute Gasteiger partial charge is 0.278 e. The van der Waals surface area contributed by atoms with Crippen molar-refractivity contribution < 1.29 is 9.72 Å². The van der Waals surface area contributed by atoms with Gasteiger partial charge in [-0.15, -0.1) is 0 Å². The molecule has 0 bridgehead atoms. The Morgan fingerprint density at radius 3 is 2.67 bits per heavy atom. The molecular weight excluding hydrogens is 270 g/mol. The van der Waals surface area contributed by atoms with Gasteiger partial charge in [0.25, 0.3) is 5.69 Å². The van der Waals surface area contributed by atoms with Gasteiger partial charge in [-0.1, -0.05) is 19.9 Å². The third-order valence-corrected chi connectivity index (χ3v) is 3.65. The van der Waals surface area contributed by atoms with Crippen LogP contribution in [0.3, 0.4) is 0 Å². The number of amides is 1. The van der Waals surface area contributed by atoms with Crippen LogP contribution >= 0.6 is 0 Å². The highest BCUT2D eigenvalue weighted by Gasteiger charge is 2.15. The molecule has 0 spiro atoms. The second-order valence-electron chi connectivity index (χ2n) is 4.99. The average Bonchev–Trinajstić information content (AvgIpc) is 2.87. The van der Waals surface area contributed by atoms with Gasteiger partial charge < -0.3 is 9.88 Å². The molecule has 0 aliphatic rings. The van der Waals surface area contributed by atoms with Crippen LogP contribution in [0.15, 0.2) is 30.5 Å². The Morgan fingerprint density at radius 1 is 1.33 bits per heavy atom. The third-order valence-electron chi connectivity index (χ3n) is 3.65. The van der Waals surface area contributed by atoms with E-state index >= 15 is 0 Å². The van der Waals surface area contributed by atoms with Crippen LogP contribution in [0.2, 0.25) is 0 Å². The number of nitrogens with zero attached hydrogens (tertiary/aromatic N) is 2. The van der Waals surface area contributed by atoms with Gasteiger partial charge in [0.15, 0.2) is 0 Å². The number of aromatic nitrogens is 1. The van der Waals surface area contributed by atoms with Gasteiger partial charge >= 0.3 is 0 Å². The zero-order valence-electron chi connectivity index (χ0n) is 12.2. The minimum absolute atomic E-state index is 0.0617. The van der Waals surface area contributed by atoms with Gasteiger partial charge in [0.05, 0.1) is 15.8 Å². The van der Waals surface area contributed by atoms with Crippen LogP contribution in [-0.2, 0) is 11.3 Å². The van der Waals surface area contributed by atoms with E-state index in [1.54, 1.807) is 29.0 Å². The monoisotopic (exact) mass is 289 g/mol. The zero-order valence-corrected chi connectivity index (χ0v) is 12.2. The first kappa shape index (κ1) is 15.0. The fraction of sp³-hybridized carbons (Fsp3) is 0.400. The highest BCUT2D eigenvalue weighted by Crippen LogP contribution is 2.26. The van der Waals surface area contributed by atoms with Gasteiger partial charge in [0, 0.05) is 18.3 Å². The molecule has 0 fully saturated rings. The fourth-order valence-corrected chi connectivity index (χ4v) is 2.43. The highest BCUT2D eigenvalue weighted by atomic mass is 16.6. The number of fused-ring (bicyclic) bond motifs is 1. The molecular formula is C15H19N3O3. The van der Waals surface area contributed by atoms with E-state index in [1.165, 1.54) is 6.07 Å². The lowest BCUT2D eigenvalue weighted by atomic mass is 10.2. The van der Waals surface area contributed by atoms with Crippen molar-refractivity contribution in [2.45, 2.75) is 39.3 Å². The number of carbonyl (C=O) groups is 1. The van der Waals surface area contributed by atoms with Crippen molar-refractivity contribution in [3.8, 4) is 0 Å². The molecule has 2 rings (SSSR count). The second kappa shape index (κ2) is 6.39. The van der Waals surface area contributed by atoms with Crippen molar-refractivity contribution in [2.24, 2.45) is 0 Å².